The van der Waals surface area contributed by atoms with Crippen molar-refractivity contribution in [3.8, 4) is 11.5 Å². The number of hydrogen-bond donors (Lipinski definition) is 2. The Kier molecular flexibility index (Phi) is 5.20. The molecule has 0 radical (unpaired) electrons. The predicted molar refractivity (Wildman–Crippen MR) is 83.6 cm³/mol. The van der Waals surface area contributed by atoms with Crippen LogP contribution in [0.25, 0.3) is 0 Å². The third kappa shape index (κ3) is 3.98. The summed E-state index contributed by atoms with van der Waals surface area (Å²) in [5, 5.41) is 6.37. The van der Waals surface area contributed by atoms with Crippen LogP contribution in [0, 0.1) is 0 Å². The number of ether oxygens (including phenoxy) is 2. The predicted octanol–water partition coefficient (Wildman–Crippen LogP) is 3.06. The molecule has 1 aromatic carbocycles. The summed E-state index contributed by atoms with van der Waals surface area (Å²) in [5.74, 6) is 2.73. The summed E-state index contributed by atoms with van der Waals surface area (Å²) in [4.78, 5) is 8.62. The van der Waals surface area contributed by atoms with Gasteiger partial charge in [-0.1, -0.05) is 6.92 Å². The van der Waals surface area contributed by atoms with Crippen molar-refractivity contribution in [3.63, 3.8) is 0 Å². The molecule has 1 aromatic heterocycles. The van der Waals surface area contributed by atoms with Crippen molar-refractivity contribution in [2.45, 2.75) is 13.3 Å². The van der Waals surface area contributed by atoms with Gasteiger partial charge in [0.15, 0.2) is 0 Å². The number of aromatic nitrogens is 2. The number of anilines is 3. The average Bonchev–Trinajstić information content (AvgIpc) is 2.53. The number of nitrogens with zero attached hydrogens (tertiary/aromatic N) is 2. The third-order valence-corrected chi connectivity index (χ3v) is 2.86. The van der Waals surface area contributed by atoms with Crippen LogP contribution >= 0.6 is 0 Å². The Labute approximate surface area is 124 Å². The summed E-state index contributed by atoms with van der Waals surface area (Å²) < 4.78 is 10.5. The minimum absolute atomic E-state index is 0.502. The molecule has 2 N–H and O–H groups in total. The minimum Gasteiger partial charge on any atom is -0.497 e. The molecule has 0 saturated carbocycles. The van der Waals surface area contributed by atoms with Gasteiger partial charge >= 0.3 is 0 Å². The van der Waals surface area contributed by atoms with E-state index >= 15 is 0 Å². The zero-order valence-corrected chi connectivity index (χ0v) is 12.5. The number of methoxy groups -OCH3 is 2. The lowest BCUT2D eigenvalue weighted by molar-refractivity contribution is 0.405. The van der Waals surface area contributed by atoms with Crippen molar-refractivity contribution in [3.05, 3.63) is 30.5 Å². The Balaban J connectivity index is 2.20. The van der Waals surface area contributed by atoms with E-state index in [1.165, 1.54) is 0 Å². The molecule has 1 heterocycles. The molecule has 112 valence electrons. The first kappa shape index (κ1) is 14.9. The number of rotatable bonds is 7. The molecule has 0 unspecified atom stereocenters. The molecule has 0 amide bonds. The number of hydrogen-bond acceptors (Lipinski definition) is 6. The van der Waals surface area contributed by atoms with Crippen LogP contribution in [-0.4, -0.2) is 30.7 Å². The van der Waals surface area contributed by atoms with E-state index < -0.39 is 0 Å². The lowest BCUT2D eigenvalue weighted by Gasteiger charge is -2.12. The second kappa shape index (κ2) is 7.33. The molecular formula is C15H20N4O2. The Morgan fingerprint density at radius 1 is 1.14 bits per heavy atom. The molecule has 0 aliphatic carbocycles. The highest BCUT2D eigenvalue weighted by Gasteiger charge is 2.07. The smallest absolute Gasteiger partial charge is 0.229 e. The quantitative estimate of drug-likeness (QED) is 0.816. The Bertz CT molecular complexity index is 590. The van der Waals surface area contributed by atoms with Gasteiger partial charge in [-0.3, -0.25) is 0 Å². The molecular weight excluding hydrogens is 268 g/mol. The van der Waals surface area contributed by atoms with E-state index in [0.29, 0.717) is 11.7 Å². The third-order valence-electron chi connectivity index (χ3n) is 2.86. The van der Waals surface area contributed by atoms with Crippen LogP contribution < -0.4 is 20.1 Å². The molecule has 0 fully saturated rings. The largest absolute Gasteiger partial charge is 0.497 e. The van der Waals surface area contributed by atoms with Gasteiger partial charge in [0.1, 0.15) is 17.3 Å². The summed E-state index contributed by atoms with van der Waals surface area (Å²) in [6, 6.07) is 7.35. The first-order valence-corrected chi connectivity index (χ1v) is 6.82. The van der Waals surface area contributed by atoms with Crippen molar-refractivity contribution >= 4 is 17.5 Å². The van der Waals surface area contributed by atoms with Gasteiger partial charge < -0.3 is 20.1 Å². The van der Waals surface area contributed by atoms with Gasteiger partial charge in [0.2, 0.25) is 5.95 Å². The van der Waals surface area contributed by atoms with E-state index in [4.69, 9.17) is 9.47 Å². The molecule has 0 bridgehead atoms. The maximum Gasteiger partial charge on any atom is 0.229 e. The first-order chi connectivity index (χ1) is 10.3. The van der Waals surface area contributed by atoms with Crippen molar-refractivity contribution in [2.75, 3.05) is 31.4 Å². The molecule has 0 atom stereocenters. The van der Waals surface area contributed by atoms with E-state index in [0.717, 1.165) is 30.2 Å². The van der Waals surface area contributed by atoms with Crippen LogP contribution in [0.1, 0.15) is 13.3 Å². The van der Waals surface area contributed by atoms with Crippen LogP contribution in [-0.2, 0) is 0 Å². The summed E-state index contributed by atoms with van der Waals surface area (Å²) >= 11 is 0. The van der Waals surface area contributed by atoms with Gasteiger partial charge in [-0.25, -0.2) is 4.98 Å². The maximum atomic E-state index is 5.32. The second-order valence-corrected chi connectivity index (χ2v) is 4.38. The monoisotopic (exact) mass is 288 g/mol. The van der Waals surface area contributed by atoms with E-state index in [9.17, 15) is 0 Å². The number of nitrogens with one attached hydrogen (secondary N) is 2. The normalized spacial score (nSPS) is 10.0. The minimum atomic E-state index is 0.502. The average molecular weight is 288 g/mol. The fourth-order valence-corrected chi connectivity index (χ4v) is 1.80. The Hall–Kier alpha value is -2.50. The van der Waals surface area contributed by atoms with Crippen molar-refractivity contribution in [1.29, 1.82) is 0 Å². The summed E-state index contributed by atoms with van der Waals surface area (Å²) in [6.45, 7) is 2.98. The molecule has 2 aromatic rings. The molecule has 0 saturated heterocycles. The Morgan fingerprint density at radius 2 is 2.00 bits per heavy atom. The van der Waals surface area contributed by atoms with Gasteiger partial charge in [0.05, 0.1) is 19.9 Å². The molecule has 0 aliphatic heterocycles. The SMILES string of the molecule is CCCNc1ccnc(Nc2cc(OC)ccc2OC)n1. The van der Waals surface area contributed by atoms with E-state index in [1.54, 1.807) is 20.4 Å². The molecule has 0 spiro atoms. The highest BCUT2D eigenvalue weighted by Crippen LogP contribution is 2.30. The van der Waals surface area contributed by atoms with Crippen molar-refractivity contribution in [1.82, 2.24) is 9.97 Å². The summed E-state index contributed by atoms with van der Waals surface area (Å²) in [6.07, 6.45) is 2.75. The van der Waals surface area contributed by atoms with Gasteiger partial charge in [-0.05, 0) is 24.6 Å². The van der Waals surface area contributed by atoms with Gasteiger partial charge in [-0.2, -0.15) is 4.98 Å². The van der Waals surface area contributed by atoms with Crippen LogP contribution in [0.5, 0.6) is 11.5 Å². The standard InChI is InChI=1S/C15H20N4O2/c1-4-8-16-14-7-9-17-15(19-14)18-12-10-11(20-2)5-6-13(12)21-3/h5-7,9-10H,4,8H2,1-3H3,(H2,16,17,18,19). The van der Waals surface area contributed by atoms with Crippen molar-refractivity contribution in [2.24, 2.45) is 0 Å². The topological polar surface area (TPSA) is 68.3 Å². The highest BCUT2D eigenvalue weighted by atomic mass is 16.5. The lowest BCUT2D eigenvalue weighted by Crippen LogP contribution is -2.05. The van der Waals surface area contributed by atoms with Gasteiger partial charge in [0, 0.05) is 18.8 Å². The van der Waals surface area contributed by atoms with Crippen LogP contribution in [0.15, 0.2) is 30.5 Å². The second-order valence-electron chi connectivity index (χ2n) is 4.38. The molecule has 21 heavy (non-hydrogen) atoms. The lowest BCUT2D eigenvalue weighted by atomic mass is 10.2. The zero-order valence-electron chi connectivity index (χ0n) is 12.5. The molecule has 2 rings (SSSR count). The first-order valence-electron chi connectivity index (χ1n) is 6.82. The maximum absolute atomic E-state index is 5.32. The highest BCUT2D eigenvalue weighted by molar-refractivity contribution is 5.65. The molecule has 0 aliphatic rings. The van der Waals surface area contributed by atoms with Crippen LogP contribution in [0.2, 0.25) is 0 Å². The van der Waals surface area contributed by atoms with E-state index in [1.807, 2.05) is 24.3 Å². The number of benzene rings is 1. The Morgan fingerprint density at radius 3 is 2.71 bits per heavy atom. The van der Waals surface area contributed by atoms with E-state index in [-0.39, 0.29) is 0 Å². The van der Waals surface area contributed by atoms with Crippen LogP contribution in [0.4, 0.5) is 17.5 Å². The molecule has 6 nitrogen and oxygen atoms in total. The van der Waals surface area contributed by atoms with Crippen LogP contribution in [0.3, 0.4) is 0 Å². The summed E-state index contributed by atoms with van der Waals surface area (Å²) in [5.41, 5.74) is 0.754. The molecule has 6 heteroatoms. The van der Waals surface area contributed by atoms with Gasteiger partial charge in [-0.15, -0.1) is 0 Å². The zero-order chi connectivity index (χ0) is 15.1. The summed E-state index contributed by atoms with van der Waals surface area (Å²) in [7, 11) is 3.24. The van der Waals surface area contributed by atoms with Crippen molar-refractivity contribution < 1.29 is 9.47 Å². The fourth-order valence-electron chi connectivity index (χ4n) is 1.80. The fraction of sp³-hybridized carbons (Fsp3) is 0.333. The van der Waals surface area contributed by atoms with E-state index in [2.05, 4.69) is 27.5 Å². The van der Waals surface area contributed by atoms with Gasteiger partial charge in [0.25, 0.3) is 0 Å².